The number of rotatable bonds is 5. The van der Waals surface area contributed by atoms with Crippen LogP contribution in [0, 0.1) is 5.92 Å². The highest BCUT2D eigenvalue weighted by atomic mass is 32.1. The summed E-state index contributed by atoms with van der Waals surface area (Å²) in [5.41, 5.74) is 1.96. The monoisotopic (exact) mass is 409 g/mol. The molecule has 1 saturated heterocycles. The summed E-state index contributed by atoms with van der Waals surface area (Å²) in [6.45, 7) is 3.23. The summed E-state index contributed by atoms with van der Waals surface area (Å²) in [5, 5.41) is 9.14. The van der Waals surface area contributed by atoms with Crippen molar-refractivity contribution in [2.24, 2.45) is 5.92 Å². The fourth-order valence-corrected chi connectivity index (χ4v) is 4.26. The standard InChI is InChI=1S/C21H23N5O2S/c1-15(16-4-6-18(7-5-16)26-14-22-13-23-26)24-20(27)17-8-10-25(11-9-17)21(28)19-3-2-12-29-19/h2-7,12-15,17H,8-11H2,1H3,(H,24,27). The van der Waals surface area contributed by atoms with Crippen molar-refractivity contribution in [2.45, 2.75) is 25.8 Å². The summed E-state index contributed by atoms with van der Waals surface area (Å²) in [4.78, 5) is 31.7. The van der Waals surface area contributed by atoms with Crippen LogP contribution in [0.5, 0.6) is 0 Å². The van der Waals surface area contributed by atoms with Crippen LogP contribution in [0.2, 0.25) is 0 Å². The number of aromatic nitrogens is 3. The third kappa shape index (κ3) is 4.37. The lowest BCUT2D eigenvalue weighted by atomic mass is 9.95. The molecule has 29 heavy (non-hydrogen) atoms. The predicted molar refractivity (Wildman–Crippen MR) is 111 cm³/mol. The van der Waals surface area contributed by atoms with E-state index in [-0.39, 0.29) is 23.8 Å². The van der Waals surface area contributed by atoms with Crippen molar-refractivity contribution in [3.63, 3.8) is 0 Å². The van der Waals surface area contributed by atoms with Gasteiger partial charge in [-0.05, 0) is 48.9 Å². The van der Waals surface area contributed by atoms with Crippen molar-refractivity contribution in [3.8, 4) is 5.69 Å². The van der Waals surface area contributed by atoms with E-state index in [9.17, 15) is 9.59 Å². The number of piperidine rings is 1. The number of carbonyl (C=O) groups excluding carboxylic acids is 2. The van der Waals surface area contributed by atoms with Crippen LogP contribution in [-0.2, 0) is 4.79 Å². The highest BCUT2D eigenvalue weighted by Gasteiger charge is 2.28. The summed E-state index contributed by atoms with van der Waals surface area (Å²) in [5.74, 6) is 0.0695. The van der Waals surface area contributed by atoms with Gasteiger partial charge in [-0.25, -0.2) is 9.67 Å². The highest BCUT2D eigenvalue weighted by molar-refractivity contribution is 7.12. The first kappa shape index (κ1) is 19.3. The molecule has 0 bridgehead atoms. The van der Waals surface area contributed by atoms with E-state index in [1.165, 1.54) is 17.7 Å². The van der Waals surface area contributed by atoms with Gasteiger partial charge in [-0.3, -0.25) is 9.59 Å². The van der Waals surface area contributed by atoms with Gasteiger partial charge in [0.05, 0.1) is 16.6 Å². The summed E-state index contributed by atoms with van der Waals surface area (Å²) in [6, 6.07) is 11.6. The fourth-order valence-electron chi connectivity index (χ4n) is 3.57. The predicted octanol–water partition coefficient (Wildman–Crippen LogP) is 3.06. The number of hydrogen-bond acceptors (Lipinski definition) is 5. The largest absolute Gasteiger partial charge is 0.349 e. The van der Waals surface area contributed by atoms with Crippen molar-refractivity contribution < 1.29 is 9.59 Å². The van der Waals surface area contributed by atoms with Crippen LogP contribution in [0.3, 0.4) is 0 Å². The van der Waals surface area contributed by atoms with E-state index in [1.807, 2.05) is 53.6 Å². The molecule has 1 aliphatic heterocycles. The van der Waals surface area contributed by atoms with Gasteiger partial charge in [-0.2, -0.15) is 5.10 Å². The molecule has 1 aromatic carbocycles. The third-order valence-corrected chi connectivity index (χ3v) is 6.18. The molecule has 150 valence electrons. The van der Waals surface area contributed by atoms with Gasteiger partial charge in [0.1, 0.15) is 12.7 Å². The molecule has 0 radical (unpaired) electrons. The minimum Gasteiger partial charge on any atom is -0.349 e. The molecule has 4 rings (SSSR count). The number of nitrogens with zero attached hydrogens (tertiary/aromatic N) is 4. The molecule has 1 unspecified atom stereocenters. The molecular weight excluding hydrogens is 386 g/mol. The Balaban J connectivity index is 1.30. The molecule has 1 aliphatic rings. The molecule has 1 atom stereocenters. The molecule has 1 fully saturated rings. The zero-order chi connectivity index (χ0) is 20.2. The van der Waals surface area contributed by atoms with Crippen LogP contribution in [0.1, 0.15) is 41.0 Å². The van der Waals surface area contributed by atoms with Crippen LogP contribution in [0.25, 0.3) is 5.69 Å². The topological polar surface area (TPSA) is 80.1 Å². The Morgan fingerprint density at radius 1 is 1.17 bits per heavy atom. The first-order valence-corrected chi connectivity index (χ1v) is 10.6. The lowest BCUT2D eigenvalue weighted by molar-refractivity contribution is -0.126. The van der Waals surface area contributed by atoms with Gasteiger partial charge in [0.15, 0.2) is 0 Å². The number of carbonyl (C=O) groups is 2. The Kier molecular flexibility index (Phi) is 5.71. The summed E-state index contributed by atoms with van der Waals surface area (Å²) < 4.78 is 1.69. The minimum atomic E-state index is -0.0851. The van der Waals surface area contributed by atoms with Crippen LogP contribution >= 0.6 is 11.3 Å². The van der Waals surface area contributed by atoms with Gasteiger partial charge >= 0.3 is 0 Å². The maximum absolute atomic E-state index is 12.7. The molecule has 2 aromatic heterocycles. The number of amides is 2. The smallest absolute Gasteiger partial charge is 0.263 e. The van der Waals surface area contributed by atoms with Gasteiger partial charge < -0.3 is 10.2 Å². The quantitative estimate of drug-likeness (QED) is 0.702. The second-order valence-electron chi connectivity index (χ2n) is 7.21. The summed E-state index contributed by atoms with van der Waals surface area (Å²) >= 11 is 1.46. The molecule has 1 N–H and O–H groups in total. The molecule has 7 nitrogen and oxygen atoms in total. The molecular formula is C21H23N5O2S. The molecule has 3 aromatic rings. The Bertz CT molecular complexity index is 946. The zero-order valence-corrected chi connectivity index (χ0v) is 17.0. The molecule has 3 heterocycles. The summed E-state index contributed by atoms with van der Waals surface area (Å²) in [7, 11) is 0. The van der Waals surface area contributed by atoms with E-state index in [2.05, 4.69) is 15.4 Å². The first-order chi connectivity index (χ1) is 14.1. The Labute approximate surface area is 173 Å². The van der Waals surface area contributed by atoms with Crippen molar-refractivity contribution in [3.05, 3.63) is 64.9 Å². The van der Waals surface area contributed by atoms with Gasteiger partial charge in [0, 0.05) is 19.0 Å². The Hall–Kier alpha value is -3.00. The normalized spacial score (nSPS) is 15.8. The maximum Gasteiger partial charge on any atom is 0.263 e. The lowest BCUT2D eigenvalue weighted by Gasteiger charge is -2.31. The van der Waals surface area contributed by atoms with Crippen molar-refractivity contribution >= 4 is 23.2 Å². The van der Waals surface area contributed by atoms with E-state index in [1.54, 1.807) is 11.0 Å². The fraction of sp³-hybridized carbons (Fsp3) is 0.333. The summed E-state index contributed by atoms with van der Waals surface area (Å²) in [6.07, 6.45) is 4.54. The van der Waals surface area contributed by atoms with Gasteiger partial charge in [0.25, 0.3) is 5.91 Å². The highest BCUT2D eigenvalue weighted by Crippen LogP contribution is 2.22. The van der Waals surface area contributed by atoms with Crippen molar-refractivity contribution in [1.82, 2.24) is 25.0 Å². The third-order valence-electron chi connectivity index (χ3n) is 5.32. The first-order valence-electron chi connectivity index (χ1n) is 9.70. The maximum atomic E-state index is 12.7. The van der Waals surface area contributed by atoms with E-state index < -0.39 is 0 Å². The van der Waals surface area contributed by atoms with Gasteiger partial charge in [-0.15, -0.1) is 11.3 Å². The van der Waals surface area contributed by atoms with Crippen molar-refractivity contribution in [1.29, 1.82) is 0 Å². The molecule has 2 amide bonds. The average molecular weight is 410 g/mol. The number of hydrogen-bond donors (Lipinski definition) is 1. The molecule has 0 saturated carbocycles. The van der Waals surface area contributed by atoms with Crippen molar-refractivity contribution in [2.75, 3.05) is 13.1 Å². The zero-order valence-electron chi connectivity index (χ0n) is 16.2. The van der Waals surface area contributed by atoms with Crippen LogP contribution in [0.15, 0.2) is 54.4 Å². The lowest BCUT2D eigenvalue weighted by Crippen LogP contribution is -2.43. The van der Waals surface area contributed by atoms with E-state index in [0.29, 0.717) is 25.9 Å². The number of benzene rings is 1. The number of likely N-dealkylation sites (tertiary alicyclic amines) is 1. The van der Waals surface area contributed by atoms with Crippen LogP contribution in [-0.4, -0.2) is 44.6 Å². The molecule has 0 aliphatic carbocycles. The van der Waals surface area contributed by atoms with Gasteiger partial charge in [0.2, 0.25) is 5.91 Å². The number of thiophene rings is 1. The second kappa shape index (κ2) is 8.57. The van der Waals surface area contributed by atoms with Crippen LogP contribution in [0.4, 0.5) is 0 Å². The minimum absolute atomic E-state index is 0.0562. The average Bonchev–Trinajstić information content (AvgIpc) is 3.47. The Morgan fingerprint density at radius 3 is 2.55 bits per heavy atom. The van der Waals surface area contributed by atoms with Gasteiger partial charge in [-0.1, -0.05) is 18.2 Å². The van der Waals surface area contributed by atoms with E-state index in [0.717, 1.165) is 16.1 Å². The second-order valence-corrected chi connectivity index (χ2v) is 8.15. The number of nitrogens with one attached hydrogen (secondary N) is 1. The van der Waals surface area contributed by atoms with E-state index in [4.69, 9.17) is 0 Å². The van der Waals surface area contributed by atoms with Crippen LogP contribution < -0.4 is 5.32 Å². The Morgan fingerprint density at radius 2 is 1.93 bits per heavy atom. The molecule has 0 spiro atoms. The SMILES string of the molecule is CC(NC(=O)C1CCN(C(=O)c2cccs2)CC1)c1ccc(-n2cncn2)cc1. The molecule has 8 heteroatoms. The van der Waals surface area contributed by atoms with E-state index >= 15 is 0 Å².